The summed E-state index contributed by atoms with van der Waals surface area (Å²) in [6.45, 7) is 7.34. The van der Waals surface area contributed by atoms with Gasteiger partial charge in [0.15, 0.2) is 0 Å². The molecule has 108 valence electrons. The van der Waals surface area contributed by atoms with E-state index >= 15 is 0 Å². The van der Waals surface area contributed by atoms with Gasteiger partial charge in [0.05, 0.1) is 6.54 Å². The molecule has 1 aliphatic rings. The Labute approximate surface area is 114 Å². The van der Waals surface area contributed by atoms with Crippen LogP contribution in [0.25, 0.3) is 0 Å². The highest BCUT2D eigenvalue weighted by atomic mass is 32.2. The van der Waals surface area contributed by atoms with Crippen LogP contribution in [0.5, 0.6) is 0 Å². The van der Waals surface area contributed by atoms with Gasteiger partial charge in [-0.25, -0.2) is 8.42 Å². The predicted octanol–water partition coefficient (Wildman–Crippen LogP) is 1.71. The minimum absolute atomic E-state index is 0.213. The molecule has 0 aromatic carbocycles. The molecule has 1 aliphatic heterocycles. The summed E-state index contributed by atoms with van der Waals surface area (Å²) >= 11 is 0. The summed E-state index contributed by atoms with van der Waals surface area (Å²) in [4.78, 5) is 0.261. The van der Waals surface area contributed by atoms with Crippen LogP contribution in [0.2, 0.25) is 0 Å². The number of nitrogens with two attached hydrogens (primary N) is 1. The summed E-state index contributed by atoms with van der Waals surface area (Å²) in [5.41, 5.74) is 5.49. The fraction of sp³-hybridized carbons (Fsp3) is 0.692. The number of hydrogen-bond acceptors (Lipinski definition) is 4. The second-order valence-electron chi connectivity index (χ2n) is 5.49. The van der Waals surface area contributed by atoms with Crippen LogP contribution in [-0.2, 0) is 16.6 Å². The van der Waals surface area contributed by atoms with Gasteiger partial charge in [0, 0.05) is 19.2 Å². The lowest BCUT2D eigenvalue weighted by atomic mass is 9.96. The van der Waals surface area contributed by atoms with Crippen molar-refractivity contribution >= 4 is 10.0 Å². The molecule has 0 radical (unpaired) electrons. The maximum absolute atomic E-state index is 12.6. The van der Waals surface area contributed by atoms with Crippen LogP contribution in [0, 0.1) is 18.8 Å². The van der Waals surface area contributed by atoms with Gasteiger partial charge >= 0.3 is 0 Å². The molecule has 19 heavy (non-hydrogen) atoms. The highest BCUT2D eigenvalue weighted by Gasteiger charge is 2.35. The Morgan fingerprint density at radius 3 is 2.68 bits per heavy atom. The largest absolute Gasteiger partial charge is 0.464 e. The van der Waals surface area contributed by atoms with Gasteiger partial charge in [0.25, 0.3) is 0 Å². The Kier molecular flexibility index (Phi) is 4.03. The van der Waals surface area contributed by atoms with Gasteiger partial charge in [-0.15, -0.1) is 0 Å². The Morgan fingerprint density at radius 2 is 2.21 bits per heavy atom. The van der Waals surface area contributed by atoms with Crippen LogP contribution < -0.4 is 5.73 Å². The van der Waals surface area contributed by atoms with Crippen LogP contribution in [0.15, 0.2) is 15.4 Å². The van der Waals surface area contributed by atoms with Crippen LogP contribution in [0.4, 0.5) is 0 Å². The lowest BCUT2D eigenvalue weighted by molar-refractivity contribution is 0.388. The van der Waals surface area contributed by atoms with Crippen LogP contribution >= 0.6 is 0 Å². The van der Waals surface area contributed by atoms with E-state index in [4.69, 9.17) is 10.2 Å². The highest BCUT2D eigenvalue weighted by Crippen LogP contribution is 2.30. The Morgan fingerprint density at radius 1 is 1.53 bits per heavy atom. The van der Waals surface area contributed by atoms with Crippen molar-refractivity contribution in [2.45, 2.75) is 38.6 Å². The first-order valence-corrected chi connectivity index (χ1v) is 8.09. The lowest BCUT2D eigenvalue weighted by Gasteiger charge is -2.17. The summed E-state index contributed by atoms with van der Waals surface area (Å²) in [7, 11) is -3.44. The monoisotopic (exact) mass is 286 g/mol. The van der Waals surface area contributed by atoms with E-state index in [2.05, 4.69) is 13.8 Å². The molecular weight excluding hydrogens is 264 g/mol. The van der Waals surface area contributed by atoms with Gasteiger partial charge in [-0.1, -0.05) is 13.8 Å². The molecule has 5 nitrogen and oxygen atoms in total. The van der Waals surface area contributed by atoms with E-state index in [1.54, 1.807) is 17.3 Å². The molecule has 0 aliphatic carbocycles. The zero-order valence-electron chi connectivity index (χ0n) is 11.7. The molecule has 0 saturated carbocycles. The zero-order valence-corrected chi connectivity index (χ0v) is 12.5. The molecule has 2 heterocycles. The van der Waals surface area contributed by atoms with Gasteiger partial charge in [0.2, 0.25) is 10.0 Å². The third-order valence-electron chi connectivity index (χ3n) is 3.87. The van der Waals surface area contributed by atoms with Crippen molar-refractivity contribution in [1.29, 1.82) is 0 Å². The summed E-state index contributed by atoms with van der Waals surface area (Å²) < 4.78 is 32.1. The third kappa shape index (κ3) is 2.70. The molecule has 1 aromatic heterocycles. The minimum Gasteiger partial charge on any atom is -0.464 e. The fourth-order valence-electron chi connectivity index (χ4n) is 2.54. The van der Waals surface area contributed by atoms with E-state index in [1.165, 1.54) is 0 Å². The maximum Gasteiger partial charge on any atom is 0.246 e. The molecule has 0 bridgehead atoms. The second kappa shape index (κ2) is 5.26. The van der Waals surface area contributed by atoms with Crippen molar-refractivity contribution < 1.29 is 12.8 Å². The summed E-state index contributed by atoms with van der Waals surface area (Å²) in [6, 6.07) is 1.55. The predicted molar refractivity (Wildman–Crippen MR) is 73.0 cm³/mol. The summed E-state index contributed by atoms with van der Waals surface area (Å²) in [6.07, 6.45) is 0.928. The van der Waals surface area contributed by atoms with Crippen molar-refractivity contribution in [3.8, 4) is 0 Å². The quantitative estimate of drug-likeness (QED) is 0.914. The van der Waals surface area contributed by atoms with Crippen LogP contribution in [-0.4, -0.2) is 25.8 Å². The lowest BCUT2D eigenvalue weighted by Crippen LogP contribution is -2.29. The summed E-state index contributed by atoms with van der Waals surface area (Å²) in [5, 5.41) is 0. The van der Waals surface area contributed by atoms with E-state index in [-0.39, 0.29) is 11.4 Å². The number of rotatable bonds is 4. The van der Waals surface area contributed by atoms with Gasteiger partial charge < -0.3 is 10.2 Å². The minimum atomic E-state index is -3.44. The average Bonchev–Trinajstić information content (AvgIpc) is 2.95. The molecule has 2 N–H and O–H groups in total. The first-order chi connectivity index (χ1) is 8.86. The molecule has 2 rings (SSSR count). The molecule has 1 unspecified atom stereocenters. The van der Waals surface area contributed by atoms with Gasteiger partial charge in [-0.2, -0.15) is 4.31 Å². The molecule has 1 saturated heterocycles. The SMILES string of the molecule is Cc1oc(CN)cc1S(=O)(=O)N1CCC(C(C)C)C1. The molecule has 6 heteroatoms. The van der Waals surface area contributed by atoms with Crippen molar-refractivity contribution in [3.63, 3.8) is 0 Å². The first-order valence-electron chi connectivity index (χ1n) is 6.65. The zero-order chi connectivity index (χ0) is 14.2. The number of hydrogen-bond donors (Lipinski definition) is 1. The molecule has 1 fully saturated rings. The number of aryl methyl sites for hydroxylation is 1. The topological polar surface area (TPSA) is 76.5 Å². The van der Waals surface area contributed by atoms with Gasteiger partial charge in [-0.3, -0.25) is 0 Å². The third-order valence-corrected chi connectivity index (χ3v) is 5.85. The smallest absolute Gasteiger partial charge is 0.246 e. The Balaban J connectivity index is 2.26. The molecule has 1 atom stereocenters. The Hall–Kier alpha value is -0.850. The fourth-order valence-corrected chi connectivity index (χ4v) is 4.23. The molecule has 0 amide bonds. The second-order valence-corrected chi connectivity index (χ2v) is 7.40. The van der Waals surface area contributed by atoms with E-state index in [0.717, 1.165) is 6.42 Å². The molecule has 0 spiro atoms. The maximum atomic E-state index is 12.6. The van der Waals surface area contributed by atoms with E-state index < -0.39 is 10.0 Å². The van der Waals surface area contributed by atoms with Crippen molar-refractivity contribution in [2.24, 2.45) is 17.6 Å². The number of sulfonamides is 1. The van der Waals surface area contributed by atoms with Crippen LogP contribution in [0.1, 0.15) is 31.8 Å². The van der Waals surface area contributed by atoms with Crippen LogP contribution in [0.3, 0.4) is 0 Å². The standard InChI is InChI=1S/C13H22N2O3S/c1-9(2)11-4-5-15(8-11)19(16,17)13-6-12(7-14)18-10(13)3/h6,9,11H,4-5,7-8,14H2,1-3H3. The van der Waals surface area contributed by atoms with Crippen molar-refractivity contribution in [1.82, 2.24) is 4.31 Å². The first kappa shape index (κ1) is 14.6. The average molecular weight is 286 g/mol. The van der Waals surface area contributed by atoms with E-state index in [0.29, 0.717) is 36.4 Å². The van der Waals surface area contributed by atoms with Crippen molar-refractivity contribution in [2.75, 3.05) is 13.1 Å². The summed E-state index contributed by atoms with van der Waals surface area (Å²) in [5.74, 6) is 1.88. The molecule has 1 aromatic rings. The van der Waals surface area contributed by atoms with E-state index in [9.17, 15) is 8.42 Å². The highest BCUT2D eigenvalue weighted by molar-refractivity contribution is 7.89. The number of nitrogens with zero attached hydrogens (tertiary/aromatic N) is 1. The van der Waals surface area contributed by atoms with E-state index in [1.807, 2.05) is 0 Å². The number of furan rings is 1. The molecular formula is C13H22N2O3S. The normalized spacial score (nSPS) is 21.4. The Bertz CT molecular complexity index is 548. The van der Waals surface area contributed by atoms with Gasteiger partial charge in [0.1, 0.15) is 16.4 Å². The van der Waals surface area contributed by atoms with Crippen molar-refractivity contribution in [3.05, 3.63) is 17.6 Å². The van der Waals surface area contributed by atoms with Gasteiger partial charge in [-0.05, 0) is 25.2 Å².